The molecule has 0 radical (unpaired) electrons. The van der Waals surface area contributed by atoms with Crippen molar-refractivity contribution in [2.75, 3.05) is 7.11 Å². The van der Waals surface area contributed by atoms with Crippen LogP contribution in [-0.2, 0) is 28.8 Å². The van der Waals surface area contributed by atoms with Gasteiger partial charge < -0.3 is 10.5 Å². The van der Waals surface area contributed by atoms with Gasteiger partial charge in [-0.05, 0) is 36.0 Å². The van der Waals surface area contributed by atoms with Gasteiger partial charge in [0.2, 0.25) is 0 Å². The van der Waals surface area contributed by atoms with Crippen LogP contribution in [0.25, 0.3) is 0 Å². The highest BCUT2D eigenvalue weighted by molar-refractivity contribution is 5.85. The van der Waals surface area contributed by atoms with E-state index in [1.54, 1.807) is 0 Å². The Morgan fingerprint density at radius 1 is 1.47 bits per heavy atom. The maximum absolute atomic E-state index is 11.2. The second-order valence-corrected chi connectivity index (χ2v) is 4.36. The summed E-state index contributed by atoms with van der Waals surface area (Å²) in [7, 11) is 1.42. The van der Waals surface area contributed by atoms with Gasteiger partial charge in [-0.15, -0.1) is 12.4 Å². The van der Waals surface area contributed by atoms with E-state index >= 15 is 0 Å². The molecular weight excluding hydrogens is 238 g/mol. The van der Waals surface area contributed by atoms with Crippen LogP contribution in [-0.4, -0.2) is 19.1 Å². The molecule has 1 atom stereocenters. The number of benzene rings is 1. The van der Waals surface area contributed by atoms with Crippen molar-refractivity contribution in [3.8, 4) is 0 Å². The fourth-order valence-corrected chi connectivity index (χ4v) is 2.19. The average molecular weight is 256 g/mol. The van der Waals surface area contributed by atoms with Gasteiger partial charge in [0.15, 0.2) is 0 Å². The first kappa shape index (κ1) is 14.0. The van der Waals surface area contributed by atoms with Gasteiger partial charge in [0.05, 0.1) is 13.5 Å². The maximum Gasteiger partial charge on any atom is 0.309 e. The van der Waals surface area contributed by atoms with E-state index in [4.69, 9.17) is 5.73 Å². The van der Waals surface area contributed by atoms with Crippen molar-refractivity contribution in [3.63, 3.8) is 0 Å². The Morgan fingerprint density at radius 3 is 2.94 bits per heavy atom. The molecule has 0 spiro atoms. The van der Waals surface area contributed by atoms with E-state index in [0.29, 0.717) is 12.5 Å². The van der Waals surface area contributed by atoms with E-state index in [1.165, 1.54) is 18.2 Å². The second-order valence-electron chi connectivity index (χ2n) is 4.36. The highest BCUT2D eigenvalue weighted by Crippen LogP contribution is 2.22. The van der Waals surface area contributed by atoms with Crippen molar-refractivity contribution in [3.05, 3.63) is 34.9 Å². The number of methoxy groups -OCH3 is 1. The largest absolute Gasteiger partial charge is 0.469 e. The number of hydrogen-bond donors (Lipinski definition) is 1. The van der Waals surface area contributed by atoms with Crippen LogP contribution >= 0.6 is 12.4 Å². The monoisotopic (exact) mass is 255 g/mol. The summed E-state index contributed by atoms with van der Waals surface area (Å²) in [6.45, 7) is 0. The molecule has 1 aromatic carbocycles. The minimum atomic E-state index is -0.188. The van der Waals surface area contributed by atoms with Gasteiger partial charge in [-0.25, -0.2) is 0 Å². The zero-order valence-electron chi connectivity index (χ0n) is 9.94. The molecule has 0 saturated carbocycles. The molecule has 0 amide bonds. The van der Waals surface area contributed by atoms with Gasteiger partial charge >= 0.3 is 5.97 Å². The van der Waals surface area contributed by atoms with Gasteiger partial charge in [-0.2, -0.15) is 0 Å². The Labute approximate surface area is 108 Å². The molecule has 1 aromatic rings. The standard InChI is InChI=1S/C13H17NO2.ClH/c1-16-13(15)7-9-2-3-11-8-12(14)5-4-10(11)6-9;/h2-3,6,12H,4-5,7-8,14H2,1H3;1H. The van der Waals surface area contributed by atoms with E-state index in [0.717, 1.165) is 24.8 Å². The first-order chi connectivity index (χ1) is 7.69. The lowest BCUT2D eigenvalue weighted by molar-refractivity contribution is -0.139. The van der Waals surface area contributed by atoms with Crippen molar-refractivity contribution in [2.24, 2.45) is 5.73 Å². The predicted octanol–water partition coefficient (Wildman–Crippen LogP) is 1.64. The summed E-state index contributed by atoms with van der Waals surface area (Å²) in [5.41, 5.74) is 9.61. The Bertz CT molecular complexity index is 406. The van der Waals surface area contributed by atoms with Crippen LogP contribution < -0.4 is 5.73 Å². The molecule has 0 fully saturated rings. The SMILES string of the molecule is COC(=O)Cc1ccc2c(c1)CCC(N)C2.Cl. The molecule has 1 unspecified atom stereocenters. The lowest BCUT2D eigenvalue weighted by Gasteiger charge is -2.21. The van der Waals surface area contributed by atoms with Crippen LogP contribution in [0.1, 0.15) is 23.1 Å². The topological polar surface area (TPSA) is 52.3 Å². The summed E-state index contributed by atoms with van der Waals surface area (Å²) in [6, 6.07) is 6.48. The quantitative estimate of drug-likeness (QED) is 0.818. The molecule has 1 aliphatic carbocycles. The molecule has 0 saturated heterocycles. The summed E-state index contributed by atoms with van der Waals surface area (Å²) in [5, 5.41) is 0. The molecule has 3 nitrogen and oxygen atoms in total. The first-order valence-electron chi connectivity index (χ1n) is 5.62. The zero-order chi connectivity index (χ0) is 11.5. The van der Waals surface area contributed by atoms with Crippen molar-refractivity contribution in [1.29, 1.82) is 0 Å². The van der Waals surface area contributed by atoms with Crippen LogP contribution in [0.4, 0.5) is 0 Å². The Morgan fingerprint density at radius 2 is 2.24 bits per heavy atom. The average Bonchev–Trinajstić information content (AvgIpc) is 2.29. The van der Waals surface area contributed by atoms with Crippen LogP contribution in [0.5, 0.6) is 0 Å². The van der Waals surface area contributed by atoms with Gasteiger partial charge in [0, 0.05) is 6.04 Å². The lowest BCUT2D eigenvalue weighted by Crippen LogP contribution is -2.27. The second kappa shape index (κ2) is 6.03. The smallest absolute Gasteiger partial charge is 0.309 e. The van der Waals surface area contributed by atoms with Gasteiger partial charge in [-0.3, -0.25) is 4.79 Å². The molecule has 17 heavy (non-hydrogen) atoms. The number of esters is 1. The normalized spacial score (nSPS) is 17.9. The third-order valence-corrected chi connectivity index (χ3v) is 3.11. The summed E-state index contributed by atoms with van der Waals surface area (Å²) in [5.74, 6) is -0.188. The van der Waals surface area contributed by atoms with E-state index in [2.05, 4.69) is 16.9 Å². The molecule has 0 aromatic heterocycles. The maximum atomic E-state index is 11.2. The van der Waals surface area contributed by atoms with Crippen molar-refractivity contribution >= 4 is 18.4 Å². The highest BCUT2D eigenvalue weighted by Gasteiger charge is 2.15. The number of ether oxygens (including phenoxy) is 1. The van der Waals surface area contributed by atoms with E-state index < -0.39 is 0 Å². The number of fused-ring (bicyclic) bond motifs is 1. The third kappa shape index (κ3) is 3.45. The summed E-state index contributed by atoms with van der Waals surface area (Å²) in [6.07, 6.45) is 3.36. The van der Waals surface area contributed by atoms with E-state index in [9.17, 15) is 4.79 Å². The summed E-state index contributed by atoms with van der Waals surface area (Å²) >= 11 is 0. The molecule has 0 heterocycles. The zero-order valence-corrected chi connectivity index (χ0v) is 10.8. The number of hydrogen-bond acceptors (Lipinski definition) is 3. The Balaban J connectivity index is 0.00000144. The van der Waals surface area contributed by atoms with Crippen LogP contribution in [0, 0.1) is 0 Å². The van der Waals surface area contributed by atoms with E-state index in [1.807, 2.05) is 6.07 Å². The first-order valence-corrected chi connectivity index (χ1v) is 5.62. The summed E-state index contributed by atoms with van der Waals surface area (Å²) in [4.78, 5) is 11.2. The number of carbonyl (C=O) groups excluding carboxylic acids is 1. The fourth-order valence-electron chi connectivity index (χ4n) is 2.19. The molecular formula is C13H18ClNO2. The number of rotatable bonds is 2. The molecule has 1 aliphatic rings. The van der Waals surface area contributed by atoms with Crippen LogP contribution in [0.3, 0.4) is 0 Å². The Kier molecular flexibility index (Phi) is 4.97. The van der Waals surface area contributed by atoms with Gasteiger partial charge in [0.25, 0.3) is 0 Å². The van der Waals surface area contributed by atoms with Crippen molar-refractivity contribution < 1.29 is 9.53 Å². The number of carbonyl (C=O) groups is 1. The third-order valence-electron chi connectivity index (χ3n) is 3.11. The number of halogens is 1. The number of aryl methyl sites for hydroxylation is 1. The van der Waals surface area contributed by atoms with Gasteiger partial charge in [0.1, 0.15) is 0 Å². The van der Waals surface area contributed by atoms with Crippen LogP contribution in [0.15, 0.2) is 18.2 Å². The fraction of sp³-hybridized carbons (Fsp3) is 0.462. The van der Waals surface area contributed by atoms with E-state index in [-0.39, 0.29) is 18.4 Å². The van der Waals surface area contributed by atoms with Gasteiger partial charge in [-0.1, -0.05) is 18.2 Å². The van der Waals surface area contributed by atoms with Crippen LogP contribution in [0.2, 0.25) is 0 Å². The Hall–Kier alpha value is -1.06. The highest BCUT2D eigenvalue weighted by atomic mass is 35.5. The summed E-state index contributed by atoms with van der Waals surface area (Å²) < 4.78 is 4.66. The minimum absolute atomic E-state index is 0. The molecule has 94 valence electrons. The molecule has 2 rings (SSSR count). The predicted molar refractivity (Wildman–Crippen MR) is 69.4 cm³/mol. The minimum Gasteiger partial charge on any atom is -0.469 e. The van der Waals surface area contributed by atoms with Crippen molar-refractivity contribution in [1.82, 2.24) is 0 Å². The molecule has 4 heteroatoms. The lowest BCUT2D eigenvalue weighted by atomic mass is 9.87. The molecule has 0 bridgehead atoms. The van der Waals surface area contributed by atoms with Crippen molar-refractivity contribution in [2.45, 2.75) is 31.7 Å². The molecule has 0 aliphatic heterocycles. The molecule has 2 N–H and O–H groups in total. The number of nitrogens with two attached hydrogens (primary N) is 1.